The zero-order valence-electron chi connectivity index (χ0n) is 21.2. The lowest BCUT2D eigenvalue weighted by molar-refractivity contribution is -0.153. The number of fused-ring (bicyclic) bond motifs is 2. The third-order valence-corrected chi connectivity index (χ3v) is 10.1. The van der Waals surface area contributed by atoms with Gasteiger partial charge in [-0.2, -0.15) is 0 Å². The minimum Gasteiger partial charge on any atom is -0.465 e. The molecule has 39 heavy (non-hydrogen) atoms. The van der Waals surface area contributed by atoms with Crippen LogP contribution in [0, 0.1) is 11.8 Å². The van der Waals surface area contributed by atoms with Crippen molar-refractivity contribution in [2.24, 2.45) is 11.8 Å². The number of rotatable bonds is 4. The molecule has 0 saturated carbocycles. The van der Waals surface area contributed by atoms with E-state index in [-0.39, 0.29) is 23.7 Å². The highest BCUT2D eigenvalue weighted by atomic mass is 35.5. The summed E-state index contributed by atoms with van der Waals surface area (Å²) in [6.07, 6.45) is 9.42. The summed E-state index contributed by atoms with van der Waals surface area (Å²) in [6.45, 7) is 0.232. The molecule has 9 heteroatoms. The Labute approximate surface area is 236 Å². The summed E-state index contributed by atoms with van der Waals surface area (Å²) in [5.41, 5.74) is 1.38. The second-order valence-corrected chi connectivity index (χ2v) is 12.2. The van der Waals surface area contributed by atoms with Gasteiger partial charge in [0.05, 0.1) is 35.8 Å². The number of aliphatic hydroxyl groups is 1. The van der Waals surface area contributed by atoms with Crippen molar-refractivity contribution < 1.29 is 24.2 Å². The van der Waals surface area contributed by atoms with Gasteiger partial charge in [-0.25, -0.2) is 0 Å². The van der Waals surface area contributed by atoms with Crippen molar-refractivity contribution in [2.45, 2.75) is 34.9 Å². The topological polar surface area (TPSA) is 87.2 Å². The minimum absolute atomic E-state index is 0.260. The van der Waals surface area contributed by atoms with E-state index < -0.39 is 34.6 Å². The molecule has 6 atom stereocenters. The Bertz CT molecular complexity index is 1330. The maximum Gasteiger partial charge on any atom is 0.311 e. The maximum atomic E-state index is 14.6. The van der Waals surface area contributed by atoms with Crippen molar-refractivity contribution >= 4 is 46.8 Å². The Morgan fingerprint density at radius 3 is 2.56 bits per heavy atom. The van der Waals surface area contributed by atoms with Crippen LogP contribution in [0.5, 0.6) is 0 Å². The fourth-order valence-electron chi connectivity index (χ4n) is 6.41. The van der Waals surface area contributed by atoms with Crippen molar-refractivity contribution in [1.29, 1.82) is 0 Å². The number of thioether (sulfide) groups is 1. The number of esters is 1. The summed E-state index contributed by atoms with van der Waals surface area (Å²) >= 11 is 7.61. The number of carbonyl (C=O) groups excluding carboxylic acids is 3. The number of allylic oxidation sites excluding steroid dienone is 1. The van der Waals surface area contributed by atoms with Crippen LogP contribution in [0.25, 0.3) is 0 Å². The number of carbonyl (C=O) groups is 3. The van der Waals surface area contributed by atoms with Crippen LogP contribution in [0.4, 0.5) is 5.69 Å². The average Bonchev–Trinajstić information content (AvgIpc) is 3.35. The molecule has 0 aromatic heterocycles. The summed E-state index contributed by atoms with van der Waals surface area (Å²) in [5, 5.41) is 10.9. The van der Waals surface area contributed by atoms with E-state index in [2.05, 4.69) is 0 Å². The SMILES string of the molecule is O=C1OCCC/C=C\[C@H]2S[C@]34C=CCN(c5ccc(Cl)cc5)C(=O)C3N([C@H](CO)c3ccccc3)C(=O)[C@@H]4[C@@H]12. The van der Waals surface area contributed by atoms with Crippen LogP contribution in [0.15, 0.2) is 78.9 Å². The molecule has 2 saturated heterocycles. The number of hydrogen-bond donors (Lipinski definition) is 1. The lowest BCUT2D eigenvalue weighted by Gasteiger charge is -2.38. The lowest BCUT2D eigenvalue weighted by atomic mass is 9.78. The first kappa shape index (κ1) is 26.2. The van der Waals surface area contributed by atoms with E-state index in [0.717, 1.165) is 18.4 Å². The van der Waals surface area contributed by atoms with E-state index in [0.29, 0.717) is 23.9 Å². The van der Waals surface area contributed by atoms with Gasteiger partial charge < -0.3 is 19.6 Å². The Morgan fingerprint density at radius 1 is 1.05 bits per heavy atom. The Hall–Kier alpha value is -3.07. The van der Waals surface area contributed by atoms with Gasteiger partial charge >= 0.3 is 5.97 Å². The van der Waals surface area contributed by atoms with Crippen LogP contribution in [-0.2, 0) is 19.1 Å². The van der Waals surface area contributed by atoms with E-state index in [1.54, 1.807) is 29.2 Å². The summed E-state index contributed by atoms with van der Waals surface area (Å²) < 4.78 is 4.63. The van der Waals surface area contributed by atoms with Gasteiger partial charge in [-0.15, -0.1) is 11.8 Å². The normalized spacial score (nSPS) is 31.8. The maximum absolute atomic E-state index is 14.6. The predicted molar refractivity (Wildman–Crippen MR) is 150 cm³/mol. The third kappa shape index (κ3) is 4.29. The van der Waals surface area contributed by atoms with Crippen LogP contribution in [0.2, 0.25) is 5.02 Å². The molecule has 0 aliphatic carbocycles. The van der Waals surface area contributed by atoms with Crippen LogP contribution in [-0.4, -0.2) is 63.6 Å². The molecule has 202 valence electrons. The number of cyclic esters (lactones) is 1. The van der Waals surface area contributed by atoms with Gasteiger partial charge in [-0.1, -0.05) is 66.2 Å². The number of likely N-dealkylation sites (tertiary alicyclic amines) is 1. The average molecular weight is 565 g/mol. The van der Waals surface area contributed by atoms with E-state index in [1.807, 2.05) is 54.6 Å². The molecule has 1 spiro atoms. The number of ether oxygens (including phenoxy) is 1. The van der Waals surface area contributed by atoms with Crippen molar-refractivity contribution in [3.05, 3.63) is 89.5 Å². The molecule has 2 aromatic rings. The molecule has 1 unspecified atom stereocenters. The molecular weight excluding hydrogens is 536 g/mol. The lowest BCUT2D eigenvalue weighted by Crippen LogP contribution is -2.54. The monoisotopic (exact) mass is 564 g/mol. The van der Waals surface area contributed by atoms with Crippen molar-refractivity contribution in [3.63, 3.8) is 0 Å². The van der Waals surface area contributed by atoms with Gasteiger partial charge in [-0.3, -0.25) is 14.4 Å². The first-order valence-corrected chi connectivity index (χ1v) is 14.5. The number of nitrogens with zero attached hydrogens (tertiary/aromatic N) is 2. The molecule has 0 bridgehead atoms. The molecule has 4 aliphatic heterocycles. The first-order chi connectivity index (χ1) is 19.0. The molecule has 1 N–H and O–H groups in total. The molecule has 7 nitrogen and oxygen atoms in total. The Balaban J connectivity index is 1.51. The summed E-state index contributed by atoms with van der Waals surface area (Å²) in [4.78, 5) is 45.7. The number of anilines is 1. The highest BCUT2D eigenvalue weighted by Crippen LogP contribution is 2.62. The Morgan fingerprint density at radius 2 is 1.82 bits per heavy atom. The number of hydrogen-bond acceptors (Lipinski definition) is 6. The van der Waals surface area contributed by atoms with Gasteiger partial charge in [0.2, 0.25) is 5.91 Å². The van der Waals surface area contributed by atoms with Crippen LogP contribution >= 0.6 is 23.4 Å². The zero-order chi connectivity index (χ0) is 27.1. The fourth-order valence-corrected chi connectivity index (χ4v) is 8.53. The molecule has 4 aliphatic rings. The van der Waals surface area contributed by atoms with E-state index in [1.165, 1.54) is 16.7 Å². The molecule has 4 heterocycles. The van der Waals surface area contributed by atoms with Crippen LogP contribution < -0.4 is 4.90 Å². The summed E-state index contributed by atoms with van der Waals surface area (Å²) in [6, 6.07) is 14.6. The van der Waals surface area contributed by atoms with Gasteiger partial charge in [-0.05, 0) is 42.7 Å². The molecule has 2 amide bonds. The van der Waals surface area contributed by atoms with E-state index in [4.69, 9.17) is 16.3 Å². The van der Waals surface area contributed by atoms with Gasteiger partial charge in [0.25, 0.3) is 5.91 Å². The fraction of sp³-hybridized carbons (Fsp3) is 0.367. The zero-order valence-corrected chi connectivity index (χ0v) is 22.8. The van der Waals surface area contributed by atoms with Crippen molar-refractivity contribution in [3.8, 4) is 0 Å². The molecule has 0 radical (unpaired) electrons. The highest BCUT2D eigenvalue weighted by molar-refractivity contribution is 8.02. The van der Waals surface area contributed by atoms with Gasteiger partial charge in [0, 0.05) is 22.5 Å². The second kappa shape index (κ2) is 10.5. The molecule has 2 fully saturated rings. The molecule has 6 rings (SSSR count). The molecule has 2 aromatic carbocycles. The number of aliphatic hydroxyl groups excluding tert-OH is 1. The van der Waals surface area contributed by atoms with Gasteiger partial charge in [0.1, 0.15) is 6.04 Å². The van der Waals surface area contributed by atoms with E-state index in [9.17, 15) is 19.5 Å². The molecular formula is C30H29ClN2O5S. The number of amides is 2. The smallest absolute Gasteiger partial charge is 0.311 e. The van der Waals surface area contributed by atoms with Crippen LogP contribution in [0.1, 0.15) is 24.4 Å². The van der Waals surface area contributed by atoms with Crippen molar-refractivity contribution in [2.75, 3.05) is 24.7 Å². The number of benzene rings is 2. The Kier molecular flexibility index (Phi) is 7.04. The first-order valence-electron chi connectivity index (χ1n) is 13.2. The largest absolute Gasteiger partial charge is 0.465 e. The third-order valence-electron chi connectivity index (χ3n) is 8.12. The summed E-state index contributed by atoms with van der Waals surface area (Å²) in [7, 11) is 0. The van der Waals surface area contributed by atoms with Crippen LogP contribution in [0.3, 0.4) is 0 Å². The standard InChI is InChI=1S/C30H29ClN2O5S/c31-20-11-13-21(14-12-20)32-16-7-15-30-25(24-23(39-30)10-5-2-6-17-38-29(24)37)27(35)33(26(30)28(32)36)22(18-34)19-8-3-1-4-9-19/h1,3-5,7-15,22-26,34H,2,6,16-18H2/b10-5-/t22-,23-,24+,25+,26?,30+/m1/s1. The predicted octanol–water partition coefficient (Wildman–Crippen LogP) is 4.17. The number of halogens is 1. The van der Waals surface area contributed by atoms with Gasteiger partial charge in [0.15, 0.2) is 0 Å². The van der Waals surface area contributed by atoms with E-state index >= 15 is 0 Å². The quantitative estimate of drug-likeness (QED) is 0.443. The summed E-state index contributed by atoms with van der Waals surface area (Å²) in [5.74, 6) is -2.53. The second-order valence-electron chi connectivity index (χ2n) is 10.3. The highest BCUT2D eigenvalue weighted by Gasteiger charge is 2.71. The van der Waals surface area contributed by atoms with Crippen molar-refractivity contribution in [1.82, 2.24) is 4.90 Å². The minimum atomic E-state index is -1.00.